The van der Waals surface area contributed by atoms with E-state index in [-0.39, 0.29) is 0 Å². The van der Waals surface area contributed by atoms with Gasteiger partial charge in [0.15, 0.2) is 0 Å². The van der Waals surface area contributed by atoms with Gasteiger partial charge in [0.25, 0.3) is 0 Å². The van der Waals surface area contributed by atoms with Crippen LogP contribution in [0.3, 0.4) is 0 Å². The first-order valence-electron chi connectivity index (χ1n) is 7.35. The molecule has 3 aromatic rings. The molecule has 3 heterocycles. The van der Waals surface area contributed by atoms with Crippen LogP contribution in [0.15, 0.2) is 49.1 Å². The quantitative estimate of drug-likeness (QED) is 0.723. The molecule has 5 heteroatoms. The van der Waals surface area contributed by atoms with Crippen molar-refractivity contribution in [2.24, 2.45) is 0 Å². The second-order valence-corrected chi connectivity index (χ2v) is 5.42. The van der Waals surface area contributed by atoms with E-state index in [1.165, 1.54) is 0 Å². The van der Waals surface area contributed by atoms with E-state index >= 15 is 0 Å². The molecule has 0 bridgehead atoms. The first kappa shape index (κ1) is 12.3. The van der Waals surface area contributed by atoms with Crippen molar-refractivity contribution in [3.05, 3.63) is 49.1 Å². The number of hydrogen-bond acceptors (Lipinski definition) is 4. The molecule has 2 aromatic heterocycles. The Hall–Kier alpha value is -2.43. The SMILES string of the molecule is c1ccc2c(N3CCC(n4cccn4)CC3)ncnc2c1. The lowest BCUT2D eigenvalue weighted by Gasteiger charge is -2.33. The summed E-state index contributed by atoms with van der Waals surface area (Å²) in [7, 11) is 0. The third-order valence-electron chi connectivity index (χ3n) is 4.18. The van der Waals surface area contributed by atoms with E-state index < -0.39 is 0 Å². The van der Waals surface area contributed by atoms with Gasteiger partial charge in [-0.1, -0.05) is 12.1 Å². The third kappa shape index (κ3) is 2.24. The summed E-state index contributed by atoms with van der Waals surface area (Å²) in [5.74, 6) is 1.06. The Morgan fingerprint density at radius 3 is 2.67 bits per heavy atom. The van der Waals surface area contributed by atoms with Crippen LogP contribution in [0, 0.1) is 0 Å². The molecule has 0 radical (unpaired) electrons. The van der Waals surface area contributed by atoms with Crippen molar-refractivity contribution in [1.29, 1.82) is 0 Å². The van der Waals surface area contributed by atoms with E-state index in [2.05, 4.69) is 36.9 Å². The van der Waals surface area contributed by atoms with Crippen LogP contribution >= 0.6 is 0 Å². The maximum absolute atomic E-state index is 4.51. The zero-order valence-electron chi connectivity index (χ0n) is 11.8. The number of nitrogens with zero attached hydrogens (tertiary/aromatic N) is 5. The van der Waals surface area contributed by atoms with E-state index in [0.717, 1.165) is 42.7 Å². The minimum atomic E-state index is 0.504. The van der Waals surface area contributed by atoms with Gasteiger partial charge in [-0.25, -0.2) is 9.97 Å². The van der Waals surface area contributed by atoms with Crippen molar-refractivity contribution in [1.82, 2.24) is 19.7 Å². The Morgan fingerprint density at radius 2 is 1.86 bits per heavy atom. The van der Waals surface area contributed by atoms with E-state index in [9.17, 15) is 0 Å². The minimum Gasteiger partial charge on any atom is -0.356 e. The Balaban J connectivity index is 1.58. The average molecular weight is 279 g/mol. The predicted molar refractivity (Wildman–Crippen MR) is 82.2 cm³/mol. The lowest BCUT2D eigenvalue weighted by molar-refractivity contribution is 0.366. The summed E-state index contributed by atoms with van der Waals surface area (Å²) in [6, 6.07) is 10.7. The molecule has 0 aliphatic carbocycles. The minimum absolute atomic E-state index is 0.504. The number of rotatable bonds is 2. The van der Waals surface area contributed by atoms with E-state index in [0.29, 0.717) is 6.04 Å². The van der Waals surface area contributed by atoms with Crippen LogP contribution in [-0.2, 0) is 0 Å². The van der Waals surface area contributed by atoms with E-state index in [1.54, 1.807) is 6.33 Å². The van der Waals surface area contributed by atoms with Crippen molar-refractivity contribution in [3.63, 3.8) is 0 Å². The summed E-state index contributed by atoms with van der Waals surface area (Å²) in [5, 5.41) is 5.50. The van der Waals surface area contributed by atoms with Crippen molar-refractivity contribution in [3.8, 4) is 0 Å². The van der Waals surface area contributed by atoms with Crippen molar-refractivity contribution >= 4 is 16.7 Å². The molecular weight excluding hydrogens is 262 g/mol. The van der Waals surface area contributed by atoms with Crippen molar-refractivity contribution in [2.45, 2.75) is 18.9 Å². The van der Waals surface area contributed by atoms with Crippen LogP contribution in [0.1, 0.15) is 18.9 Å². The fourth-order valence-electron chi connectivity index (χ4n) is 3.08. The molecule has 5 nitrogen and oxygen atoms in total. The number of fused-ring (bicyclic) bond motifs is 1. The lowest BCUT2D eigenvalue weighted by atomic mass is 10.0. The fraction of sp³-hybridized carbons (Fsp3) is 0.312. The Bertz CT molecular complexity index is 724. The second-order valence-electron chi connectivity index (χ2n) is 5.42. The Kier molecular flexibility index (Phi) is 3.03. The molecule has 0 amide bonds. The van der Waals surface area contributed by atoms with Gasteiger partial charge in [-0.3, -0.25) is 4.68 Å². The Labute approximate surface area is 123 Å². The molecule has 1 aromatic carbocycles. The van der Waals surface area contributed by atoms with Crippen molar-refractivity contribution in [2.75, 3.05) is 18.0 Å². The first-order chi connectivity index (χ1) is 10.4. The molecule has 1 fully saturated rings. The molecule has 106 valence electrons. The summed E-state index contributed by atoms with van der Waals surface area (Å²) in [6.45, 7) is 2.01. The first-order valence-corrected chi connectivity index (χ1v) is 7.35. The normalized spacial score (nSPS) is 16.5. The number of hydrogen-bond donors (Lipinski definition) is 0. The maximum Gasteiger partial charge on any atom is 0.139 e. The molecular formula is C16H17N5. The summed E-state index contributed by atoms with van der Waals surface area (Å²) in [6.07, 6.45) is 7.77. The van der Waals surface area contributed by atoms with Gasteiger partial charge < -0.3 is 4.90 Å². The van der Waals surface area contributed by atoms with Gasteiger partial charge in [0, 0.05) is 30.9 Å². The molecule has 0 saturated carbocycles. The highest BCUT2D eigenvalue weighted by Gasteiger charge is 2.22. The van der Waals surface area contributed by atoms with Gasteiger partial charge in [0.1, 0.15) is 12.1 Å². The van der Waals surface area contributed by atoms with Gasteiger partial charge >= 0.3 is 0 Å². The maximum atomic E-state index is 4.51. The smallest absolute Gasteiger partial charge is 0.139 e. The topological polar surface area (TPSA) is 46.8 Å². The fourth-order valence-corrected chi connectivity index (χ4v) is 3.08. The average Bonchev–Trinajstić information content (AvgIpc) is 3.09. The largest absolute Gasteiger partial charge is 0.356 e. The second kappa shape index (κ2) is 5.16. The van der Waals surface area contributed by atoms with E-state index in [1.807, 2.05) is 30.5 Å². The molecule has 0 unspecified atom stereocenters. The zero-order chi connectivity index (χ0) is 14.1. The van der Waals surface area contributed by atoms with Crippen LogP contribution in [0.2, 0.25) is 0 Å². The molecule has 1 saturated heterocycles. The van der Waals surface area contributed by atoms with Gasteiger partial charge in [0.2, 0.25) is 0 Å². The molecule has 0 atom stereocenters. The van der Waals surface area contributed by atoms with Gasteiger partial charge in [0.05, 0.1) is 11.6 Å². The molecule has 1 aliphatic heterocycles. The number of piperidine rings is 1. The number of para-hydroxylation sites is 1. The third-order valence-corrected chi connectivity index (χ3v) is 4.18. The lowest BCUT2D eigenvalue weighted by Crippen LogP contribution is -2.35. The summed E-state index contributed by atoms with van der Waals surface area (Å²) >= 11 is 0. The number of anilines is 1. The van der Waals surface area contributed by atoms with E-state index in [4.69, 9.17) is 0 Å². The Morgan fingerprint density at radius 1 is 1.00 bits per heavy atom. The highest BCUT2D eigenvalue weighted by atomic mass is 15.3. The molecule has 0 N–H and O–H groups in total. The molecule has 1 aliphatic rings. The van der Waals surface area contributed by atoms with Crippen LogP contribution in [0.4, 0.5) is 5.82 Å². The van der Waals surface area contributed by atoms with Gasteiger partial charge in [-0.2, -0.15) is 5.10 Å². The predicted octanol–water partition coefficient (Wildman–Crippen LogP) is 2.67. The van der Waals surface area contributed by atoms with Gasteiger partial charge in [-0.15, -0.1) is 0 Å². The molecule has 21 heavy (non-hydrogen) atoms. The highest BCUT2D eigenvalue weighted by molar-refractivity contribution is 5.89. The molecule has 4 rings (SSSR count). The monoisotopic (exact) mass is 279 g/mol. The standard InChI is InChI=1S/C16H17N5/c1-2-5-15-14(4-1)16(18-12-17-15)20-10-6-13(7-11-20)21-9-3-8-19-21/h1-5,8-9,12-13H,6-7,10-11H2. The number of benzene rings is 1. The summed E-state index contributed by atoms with van der Waals surface area (Å²) in [4.78, 5) is 11.2. The number of aromatic nitrogens is 4. The van der Waals surface area contributed by atoms with Crippen LogP contribution < -0.4 is 4.90 Å². The summed E-state index contributed by atoms with van der Waals surface area (Å²) < 4.78 is 2.08. The molecule has 0 spiro atoms. The van der Waals surface area contributed by atoms with Crippen LogP contribution in [-0.4, -0.2) is 32.8 Å². The van der Waals surface area contributed by atoms with Crippen LogP contribution in [0.25, 0.3) is 10.9 Å². The zero-order valence-corrected chi connectivity index (χ0v) is 11.8. The van der Waals surface area contributed by atoms with Gasteiger partial charge in [-0.05, 0) is 31.0 Å². The summed E-state index contributed by atoms with van der Waals surface area (Å²) in [5.41, 5.74) is 1.01. The van der Waals surface area contributed by atoms with Crippen molar-refractivity contribution < 1.29 is 0 Å². The highest BCUT2D eigenvalue weighted by Crippen LogP contribution is 2.28. The van der Waals surface area contributed by atoms with Crippen LogP contribution in [0.5, 0.6) is 0 Å².